The maximum Gasteiger partial charge on any atom is -0.0398 e. The summed E-state index contributed by atoms with van der Waals surface area (Å²) in [5.41, 5.74) is 1.32. The van der Waals surface area contributed by atoms with Crippen LogP contribution in [0.4, 0.5) is 0 Å². The van der Waals surface area contributed by atoms with Crippen LogP contribution in [0.3, 0.4) is 0 Å². The second-order valence-corrected chi connectivity index (χ2v) is 1.65. The van der Waals surface area contributed by atoms with Gasteiger partial charge in [-0.3, -0.25) is 0 Å². The van der Waals surface area contributed by atoms with E-state index in [0.717, 1.165) is 0 Å². The summed E-state index contributed by atoms with van der Waals surface area (Å²) in [4.78, 5) is 0. The molecule has 3 heteroatoms. The lowest BCUT2D eigenvalue weighted by Crippen LogP contribution is -1.72. The molecule has 0 aliphatic heterocycles. The van der Waals surface area contributed by atoms with Gasteiger partial charge in [0.2, 0.25) is 0 Å². The molecular formula is C7H12ClNO. The smallest absolute Gasteiger partial charge is 0.0398 e. The molecule has 1 aromatic rings. The first kappa shape index (κ1) is 12.1. The Balaban J connectivity index is 0. The SMILES string of the molecule is Cc1ccccc1.Cl.NO. The normalized spacial score (nSPS) is 6.70. The van der Waals surface area contributed by atoms with Crippen LogP contribution in [0.15, 0.2) is 30.3 Å². The van der Waals surface area contributed by atoms with Crippen molar-refractivity contribution in [1.82, 2.24) is 0 Å². The molecule has 0 aliphatic carbocycles. The Morgan fingerprint density at radius 3 is 1.70 bits per heavy atom. The van der Waals surface area contributed by atoms with E-state index in [1.165, 1.54) is 5.56 Å². The number of hydrogen-bond donors (Lipinski definition) is 2. The predicted molar refractivity (Wildman–Crippen MR) is 44.4 cm³/mol. The van der Waals surface area contributed by atoms with Crippen molar-refractivity contribution < 1.29 is 5.21 Å². The van der Waals surface area contributed by atoms with Gasteiger partial charge in [0.15, 0.2) is 0 Å². The van der Waals surface area contributed by atoms with Gasteiger partial charge in [-0.1, -0.05) is 35.9 Å². The van der Waals surface area contributed by atoms with Gasteiger partial charge in [0.25, 0.3) is 0 Å². The highest BCUT2D eigenvalue weighted by atomic mass is 35.5. The van der Waals surface area contributed by atoms with Crippen LogP contribution in [0.1, 0.15) is 5.56 Å². The van der Waals surface area contributed by atoms with Crippen LogP contribution in [0, 0.1) is 6.92 Å². The van der Waals surface area contributed by atoms with Crippen molar-refractivity contribution in [2.75, 3.05) is 0 Å². The molecule has 0 saturated carbocycles. The summed E-state index contributed by atoms with van der Waals surface area (Å²) in [5, 5.41) is 6.50. The van der Waals surface area contributed by atoms with Gasteiger partial charge in [0.05, 0.1) is 0 Å². The van der Waals surface area contributed by atoms with Crippen molar-refractivity contribution in [3.8, 4) is 0 Å². The summed E-state index contributed by atoms with van der Waals surface area (Å²) in [7, 11) is 0. The Morgan fingerprint density at radius 2 is 1.50 bits per heavy atom. The second-order valence-electron chi connectivity index (χ2n) is 1.65. The highest BCUT2D eigenvalue weighted by Crippen LogP contribution is 1.92. The third-order valence-electron chi connectivity index (χ3n) is 0.940. The average molecular weight is 162 g/mol. The molecule has 0 fully saturated rings. The topological polar surface area (TPSA) is 46.2 Å². The van der Waals surface area contributed by atoms with Crippen LogP contribution in [-0.2, 0) is 0 Å². The van der Waals surface area contributed by atoms with Crippen LogP contribution in [0.2, 0.25) is 0 Å². The van der Waals surface area contributed by atoms with Crippen molar-refractivity contribution in [2.45, 2.75) is 6.92 Å². The van der Waals surface area contributed by atoms with Crippen LogP contribution < -0.4 is 5.90 Å². The zero-order chi connectivity index (χ0) is 7.11. The van der Waals surface area contributed by atoms with Crippen molar-refractivity contribution in [3.05, 3.63) is 35.9 Å². The van der Waals surface area contributed by atoms with Crippen molar-refractivity contribution in [1.29, 1.82) is 0 Å². The van der Waals surface area contributed by atoms with Gasteiger partial charge >= 0.3 is 0 Å². The molecule has 0 spiro atoms. The zero-order valence-corrected chi connectivity index (χ0v) is 6.64. The summed E-state index contributed by atoms with van der Waals surface area (Å²) < 4.78 is 0. The van der Waals surface area contributed by atoms with E-state index in [1.54, 1.807) is 0 Å². The quantitative estimate of drug-likeness (QED) is 0.570. The molecule has 0 saturated heterocycles. The molecule has 0 aromatic heterocycles. The van der Waals surface area contributed by atoms with Crippen molar-refractivity contribution >= 4 is 12.4 Å². The molecule has 0 amide bonds. The molecule has 0 aliphatic rings. The third-order valence-corrected chi connectivity index (χ3v) is 0.940. The maximum atomic E-state index is 6.50. The number of rotatable bonds is 0. The van der Waals surface area contributed by atoms with E-state index in [1.807, 2.05) is 18.2 Å². The Morgan fingerprint density at radius 1 is 1.10 bits per heavy atom. The standard InChI is InChI=1S/C7H8.ClH.H3NO/c1-7-5-3-2-4-6-7;;1-2/h2-6H,1H3;1H;2H,1H2. The second kappa shape index (κ2) is 8.43. The van der Waals surface area contributed by atoms with Crippen LogP contribution >= 0.6 is 12.4 Å². The molecule has 58 valence electrons. The monoisotopic (exact) mass is 161 g/mol. The largest absolute Gasteiger partial charge is 0.320 e. The Labute approximate surface area is 67.0 Å². The first-order valence-corrected chi connectivity index (χ1v) is 2.67. The summed E-state index contributed by atoms with van der Waals surface area (Å²) in [5.74, 6) is 3.50. The lowest BCUT2D eigenvalue weighted by Gasteiger charge is -1.82. The van der Waals surface area contributed by atoms with E-state index >= 15 is 0 Å². The van der Waals surface area contributed by atoms with Gasteiger partial charge in [0, 0.05) is 0 Å². The molecule has 3 N–H and O–H groups in total. The van der Waals surface area contributed by atoms with Crippen LogP contribution in [-0.4, -0.2) is 5.21 Å². The van der Waals surface area contributed by atoms with Crippen molar-refractivity contribution in [3.63, 3.8) is 0 Å². The van der Waals surface area contributed by atoms with E-state index in [2.05, 4.69) is 25.0 Å². The zero-order valence-electron chi connectivity index (χ0n) is 5.82. The summed E-state index contributed by atoms with van der Waals surface area (Å²) in [6, 6.07) is 10.3. The Bertz CT molecular complexity index is 144. The lowest BCUT2D eigenvalue weighted by atomic mass is 10.2. The van der Waals surface area contributed by atoms with E-state index < -0.39 is 0 Å². The van der Waals surface area contributed by atoms with Gasteiger partial charge in [0.1, 0.15) is 0 Å². The van der Waals surface area contributed by atoms with Crippen LogP contribution in [0.5, 0.6) is 0 Å². The number of aryl methyl sites for hydroxylation is 1. The van der Waals surface area contributed by atoms with E-state index in [0.29, 0.717) is 0 Å². The van der Waals surface area contributed by atoms with E-state index in [9.17, 15) is 0 Å². The van der Waals surface area contributed by atoms with E-state index in [-0.39, 0.29) is 12.4 Å². The summed E-state index contributed by atoms with van der Waals surface area (Å²) >= 11 is 0. The minimum atomic E-state index is 0. The average Bonchev–Trinajstić information content (AvgIpc) is 1.94. The fourth-order valence-corrected chi connectivity index (χ4v) is 0.534. The Kier molecular flexibility index (Phi) is 10.2. The molecule has 0 unspecified atom stereocenters. The van der Waals surface area contributed by atoms with Crippen molar-refractivity contribution in [2.24, 2.45) is 5.90 Å². The number of halogens is 1. The fourth-order valence-electron chi connectivity index (χ4n) is 0.534. The third kappa shape index (κ3) is 5.56. The molecule has 0 heterocycles. The molecular weight excluding hydrogens is 150 g/mol. The van der Waals surface area contributed by atoms with Gasteiger partial charge in [-0.25, -0.2) is 5.90 Å². The summed E-state index contributed by atoms with van der Waals surface area (Å²) in [6.07, 6.45) is 0. The van der Waals surface area contributed by atoms with Gasteiger partial charge < -0.3 is 5.21 Å². The predicted octanol–water partition coefficient (Wildman–Crippen LogP) is 1.75. The number of nitrogens with two attached hydrogens (primary N) is 1. The van der Waals surface area contributed by atoms with Crippen LogP contribution in [0.25, 0.3) is 0 Å². The fraction of sp³-hybridized carbons (Fsp3) is 0.143. The first-order chi connectivity index (χ1) is 4.39. The minimum absolute atomic E-state index is 0. The minimum Gasteiger partial charge on any atom is -0.320 e. The lowest BCUT2D eigenvalue weighted by molar-refractivity contribution is 0.311. The van der Waals surface area contributed by atoms with Gasteiger partial charge in [-0.2, -0.15) is 0 Å². The number of hydrogen-bond acceptors (Lipinski definition) is 2. The molecule has 10 heavy (non-hydrogen) atoms. The number of benzene rings is 1. The van der Waals surface area contributed by atoms with Gasteiger partial charge in [-0.05, 0) is 6.92 Å². The molecule has 1 rings (SSSR count). The highest BCUT2D eigenvalue weighted by molar-refractivity contribution is 5.85. The highest BCUT2D eigenvalue weighted by Gasteiger charge is 1.72. The molecule has 2 nitrogen and oxygen atoms in total. The Hall–Kier alpha value is -0.570. The molecule has 0 radical (unpaired) electrons. The molecule has 1 aromatic carbocycles. The maximum absolute atomic E-state index is 6.50. The first-order valence-electron chi connectivity index (χ1n) is 2.67. The molecule has 0 atom stereocenters. The van der Waals surface area contributed by atoms with Gasteiger partial charge in [-0.15, -0.1) is 12.4 Å². The molecule has 0 bridgehead atoms. The van der Waals surface area contributed by atoms with E-state index in [4.69, 9.17) is 5.21 Å². The summed E-state index contributed by atoms with van der Waals surface area (Å²) in [6.45, 7) is 2.08.